The van der Waals surface area contributed by atoms with Crippen LogP contribution in [0.1, 0.15) is 26.0 Å². The number of ether oxygens (including phenoxy) is 1. The van der Waals surface area contributed by atoms with E-state index in [1.54, 1.807) is 12.3 Å². The minimum absolute atomic E-state index is 0.000517. The minimum atomic E-state index is -0.454. The van der Waals surface area contributed by atoms with Gasteiger partial charge in [0.05, 0.1) is 0 Å². The van der Waals surface area contributed by atoms with Crippen LogP contribution in [-0.4, -0.2) is 35.7 Å². The van der Waals surface area contributed by atoms with Crippen LogP contribution in [0.5, 0.6) is 0 Å². The zero-order valence-electron chi connectivity index (χ0n) is 16.5. The Morgan fingerprint density at radius 1 is 1.41 bits per heavy atom. The van der Waals surface area contributed by atoms with E-state index in [9.17, 15) is 9.18 Å². The normalized spacial score (nSPS) is 18.6. The van der Waals surface area contributed by atoms with Gasteiger partial charge in [-0.05, 0) is 19.4 Å². The van der Waals surface area contributed by atoms with Crippen molar-refractivity contribution in [3.05, 3.63) is 58.9 Å². The lowest BCUT2D eigenvalue weighted by molar-refractivity contribution is -0.116. The van der Waals surface area contributed by atoms with Crippen LogP contribution < -0.4 is 21.3 Å². The molecule has 0 saturated carbocycles. The lowest BCUT2D eigenvalue weighted by atomic mass is 10.2. The molecule has 0 saturated heterocycles. The SMILES string of the molecule is CCc1cc(NC2=NCNC(OC3=C(F)C/C=C(/C)NC=C3)=C2C(=O)NC)n[nH]1. The fraction of sp³-hybridized carbons (Fsp3) is 0.316. The number of amides is 1. The van der Waals surface area contributed by atoms with Crippen LogP contribution >= 0.6 is 0 Å². The molecule has 9 nitrogen and oxygen atoms in total. The van der Waals surface area contributed by atoms with Crippen molar-refractivity contribution < 1.29 is 13.9 Å². The zero-order chi connectivity index (χ0) is 20.8. The van der Waals surface area contributed by atoms with Crippen molar-refractivity contribution in [1.82, 2.24) is 26.1 Å². The Kier molecular flexibility index (Phi) is 6.32. The first kappa shape index (κ1) is 20.2. The van der Waals surface area contributed by atoms with Crippen LogP contribution in [0.2, 0.25) is 0 Å². The zero-order valence-corrected chi connectivity index (χ0v) is 16.5. The summed E-state index contributed by atoms with van der Waals surface area (Å²) in [4.78, 5) is 16.8. The number of hydrogen-bond acceptors (Lipinski definition) is 7. The molecule has 2 aliphatic rings. The summed E-state index contributed by atoms with van der Waals surface area (Å²) in [6, 6.07) is 1.83. The number of nitrogens with one attached hydrogen (secondary N) is 5. The van der Waals surface area contributed by atoms with E-state index in [-0.39, 0.29) is 36.1 Å². The van der Waals surface area contributed by atoms with Crippen molar-refractivity contribution in [2.45, 2.75) is 26.7 Å². The molecule has 1 aromatic heterocycles. The predicted octanol–water partition coefficient (Wildman–Crippen LogP) is 1.91. The molecule has 0 aromatic carbocycles. The molecule has 0 aliphatic carbocycles. The lowest BCUT2D eigenvalue weighted by Gasteiger charge is -2.22. The lowest BCUT2D eigenvalue weighted by Crippen LogP contribution is -2.37. The Labute approximate surface area is 167 Å². The fourth-order valence-corrected chi connectivity index (χ4v) is 2.66. The van der Waals surface area contributed by atoms with E-state index >= 15 is 0 Å². The molecule has 154 valence electrons. The molecule has 5 N–H and O–H groups in total. The average molecular weight is 401 g/mol. The Morgan fingerprint density at radius 2 is 2.24 bits per heavy atom. The smallest absolute Gasteiger partial charge is 0.260 e. The van der Waals surface area contributed by atoms with Crippen molar-refractivity contribution in [2.75, 3.05) is 19.0 Å². The molecule has 29 heavy (non-hydrogen) atoms. The molecule has 0 atom stereocenters. The van der Waals surface area contributed by atoms with Crippen LogP contribution in [0.15, 0.2) is 58.2 Å². The monoisotopic (exact) mass is 401 g/mol. The van der Waals surface area contributed by atoms with Crippen LogP contribution in [0.4, 0.5) is 10.2 Å². The number of nitrogens with zero attached hydrogens (tertiary/aromatic N) is 2. The summed E-state index contributed by atoms with van der Waals surface area (Å²) in [5.74, 6) is 0.00356. The highest BCUT2D eigenvalue weighted by Gasteiger charge is 2.27. The molecular formula is C19H24FN7O2. The first-order valence-electron chi connectivity index (χ1n) is 9.24. The molecule has 0 radical (unpaired) electrons. The largest absolute Gasteiger partial charge is 0.438 e. The van der Waals surface area contributed by atoms with Gasteiger partial charge in [-0.1, -0.05) is 13.0 Å². The number of carbonyl (C=O) groups excluding carboxylic acids is 1. The second-order valence-electron chi connectivity index (χ2n) is 6.32. The fourth-order valence-electron chi connectivity index (χ4n) is 2.66. The molecule has 3 heterocycles. The highest BCUT2D eigenvalue weighted by molar-refractivity contribution is 6.25. The van der Waals surface area contributed by atoms with E-state index in [4.69, 9.17) is 4.74 Å². The van der Waals surface area contributed by atoms with Gasteiger partial charge in [-0.3, -0.25) is 9.89 Å². The highest BCUT2D eigenvalue weighted by Crippen LogP contribution is 2.22. The number of aliphatic imine (C=N–C) groups is 1. The second kappa shape index (κ2) is 9.09. The number of amidine groups is 1. The minimum Gasteiger partial charge on any atom is -0.438 e. The van der Waals surface area contributed by atoms with Gasteiger partial charge >= 0.3 is 0 Å². The van der Waals surface area contributed by atoms with Crippen molar-refractivity contribution in [3.63, 3.8) is 0 Å². The van der Waals surface area contributed by atoms with Crippen molar-refractivity contribution in [3.8, 4) is 0 Å². The third-order valence-corrected chi connectivity index (χ3v) is 4.27. The van der Waals surface area contributed by atoms with Gasteiger partial charge < -0.3 is 26.0 Å². The van der Waals surface area contributed by atoms with E-state index in [0.29, 0.717) is 5.82 Å². The molecule has 10 heteroatoms. The predicted molar refractivity (Wildman–Crippen MR) is 108 cm³/mol. The number of halogens is 1. The van der Waals surface area contributed by atoms with Crippen molar-refractivity contribution in [2.24, 2.45) is 4.99 Å². The van der Waals surface area contributed by atoms with E-state index in [1.807, 2.05) is 19.9 Å². The average Bonchev–Trinajstić information content (AvgIpc) is 3.17. The van der Waals surface area contributed by atoms with Gasteiger partial charge in [-0.2, -0.15) is 5.10 Å². The van der Waals surface area contributed by atoms with Crippen LogP contribution in [0.25, 0.3) is 0 Å². The summed E-state index contributed by atoms with van der Waals surface area (Å²) < 4.78 is 20.3. The topological polar surface area (TPSA) is 115 Å². The quantitative estimate of drug-likeness (QED) is 0.515. The van der Waals surface area contributed by atoms with Crippen LogP contribution in [0.3, 0.4) is 0 Å². The molecule has 0 fully saturated rings. The van der Waals surface area contributed by atoms with Gasteiger partial charge in [-0.15, -0.1) is 0 Å². The van der Waals surface area contributed by atoms with E-state index in [0.717, 1.165) is 17.8 Å². The molecule has 0 unspecified atom stereocenters. The first-order chi connectivity index (χ1) is 14.0. The Bertz CT molecular complexity index is 940. The molecule has 1 aromatic rings. The standard InChI is InChI=1S/C19H24FN7O2/c1-4-12-9-15(27-26-12)25-17-16(18(28)21-3)19(24-10-23-17)29-14-7-8-22-11(2)5-6-13(14)20/h5,7-9,22,24H,4,6,10H2,1-3H3,(H,21,28)(H2,23,25,26,27)/b8-7?,11-5-,14-13?. The number of likely N-dealkylation sites (N-methyl/N-ethyl adjacent to an activating group) is 1. The molecule has 1 amide bonds. The van der Waals surface area contributed by atoms with Crippen molar-refractivity contribution >= 4 is 17.6 Å². The van der Waals surface area contributed by atoms with Gasteiger partial charge in [-0.25, -0.2) is 9.38 Å². The number of rotatable bonds is 5. The van der Waals surface area contributed by atoms with E-state index < -0.39 is 11.7 Å². The number of aromatic amines is 1. The maximum atomic E-state index is 14.5. The summed E-state index contributed by atoms with van der Waals surface area (Å²) in [6.45, 7) is 3.99. The summed E-state index contributed by atoms with van der Waals surface area (Å²) in [7, 11) is 1.50. The number of anilines is 1. The number of hydrogen-bond donors (Lipinski definition) is 5. The van der Waals surface area contributed by atoms with Gasteiger partial charge in [0.25, 0.3) is 5.91 Å². The van der Waals surface area contributed by atoms with Gasteiger partial charge in [0, 0.05) is 37.1 Å². The molecule has 3 rings (SSSR count). The van der Waals surface area contributed by atoms with Crippen molar-refractivity contribution in [1.29, 1.82) is 0 Å². The molecule has 0 spiro atoms. The number of H-pyrrole nitrogens is 1. The molecular weight excluding hydrogens is 377 g/mol. The van der Waals surface area contributed by atoms with Gasteiger partial charge in [0.15, 0.2) is 11.6 Å². The molecule has 0 bridgehead atoms. The van der Waals surface area contributed by atoms with Crippen LogP contribution in [-0.2, 0) is 16.0 Å². The molecule has 2 aliphatic heterocycles. The maximum absolute atomic E-state index is 14.5. The maximum Gasteiger partial charge on any atom is 0.260 e. The van der Waals surface area contributed by atoms with Gasteiger partial charge in [0.2, 0.25) is 5.88 Å². The number of carbonyl (C=O) groups is 1. The second-order valence-corrected chi connectivity index (χ2v) is 6.32. The number of allylic oxidation sites excluding steroid dienone is 4. The third kappa shape index (κ3) is 4.84. The summed E-state index contributed by atoms with van der Waals surface area (Å²) in [5, 5.41) is 18.5. The van der Waals surface area contributed by atoms with Gasteiger partial charge in [0.1, 0.15) is 23.9 Å². The number of aryl methyl sites for hydroxylation is 1. The first-order valence-corrected chi connectivity index (χ1v) is 9.24. The Hall–Kier alpha value is -3.56. The number of aromatic nitrogens is 2. The Balaban J connectivity index is 1.92. The van der Waals surface area contributed by atoms with Crippen LogP contribution in [0, 0.1) is 0 Å². The summed E-state index contributed by atoms with van der Waals surface area (Å²) in [5.41, 5.74) is 1.89. The third-order valence-electron chi connectivity index (χ3n) is 4.27. The van der Waals surface area contributed by atoms with E-state index in [2.05, 4.69) is 36.5 Å². The summed E-state index contributed by atoms with van der Waals surface area (Å²) in [6.07, 6.45) is 5.63. The Morgan fingerprint density at radius 3 is 2.97 bits per heavy atom. The summed E-state index contributed by atoms with van der Waals surface area (Å²) >= 11 is 0. The highest BCUT2D eigenvalue weighted by atomic mass is 19.1. The van der Waals surface area contributed by atoms with E-state index in [1.165, 1.54) is 13.1 Å².